The predicted molar refractivity (Wildman–Crippen MR) is 70.5 cm³/mol. The summed E-state index contributed by atoms with van der Waals surface area (Å²) in [5.74, 6) is 0.371. The highest BCUT2D eigenvalue weighted by atomic mass is 16.2. The van der Waals surface area contributed by atoms with Crippen LogP contribution in [0.2, 0.25) is 0 Å². The van der Waals surface area contributed by atoms with Gasteiger partial charge >= 0.3 is 0 Å². The number of carbonyl (C=O) groups is 1. The van der Waals surface area contributed by atoms with E-state index in [9.17, 15) is 4.79 Å². The zero-order valence-electron chi connectivity index (χ0n) is 10.9. The molecule has 0 radical (unpaired) electrons. The van der Waals surface area contributed by atoms with E-state index in [-0.39, 0.29) is 5.91 Å². The zero-order valence-corrected chi connectivity index (χ0v) is 10.9. The molecule has 1 aromatic rings. The largest absolute Gasteiger partial charge is 0.351 e. The van der Waals surface area contributed by atoms with Crippen LogP contribution in [0, 0.1) is 12.8 Å². The van der Waals surface area contributed by atoms with Gasteiger partial charge in [0.1, 0.15) is 0 Å². The molecular formula is C14H22N2O. The van der Waals surface area contributed by atoms with Crippen LogP contribution in [0.3, 0.4) is 0 Å². The summed E-state index contributed by atoms with van der Waals surface area (Å²) in [6.07, 6.45) is 0.722. The van der Waals surface area contributed by atoms with Crippen molar-refractivity contribution in [3.8, 4) is 0 Å². The molecule has 1 rings (SSSR count). The Morgan fingerprint density at radius 2 is 2.00 bits per heavy atom. The van der Waals surface area contributed by atoms with Crippen molar-refractivity contribution in [3.05, 3.63) is 35.4 Å². The minimum absolute atomic E-state index is 0.0676. The topological polar surface area (TPSA) is 55.1 Å². The maximum atomic E-state index is 11.7. The van der Waals surface area contributed by atoms with Gasteiger partial charge in [-0.2, -0.15) is 0 Å². The van der Waals surface area contributed by atoms with Crippen molar-refractivity contribution in [2.45, 2.75) is 39.8 Å². The second kappa shape index (κ2) is 6.40. The Bertz CT molecular complexity index is 374. The smallest absolute Gasteiger partial charge is 0.237 e. The summed E-state index contributed by atoms with van der Waals surface area (Å²) in [7, 11) is 0. The molecular weight excluding hydrogens is 212 g/mol. The molecule has 3 heteroatoms. The van der Waals surface area contributed by atoms with Gasteiger partial charge in [-0.3, -0.25) is 4.79 Å². The van der Waals surface area contributed by atoms with Gasteiger partial charge in [-0.15, -0.1) is 0 Å². The average molecular weight is 234 g/mol. The standard InChI is InChI=1S/C14H22N2O/c1-10(2)8-13(15)14(17)16-9-12-7-5-4-6-11(12)3/h4-7,10,13H,8-9,15H2,1-3H3,(H,16,17)/t13-/m0/s1. The van der Waals surface area contributed by atoms with Crippen molar-refractivity contribution < 1.29 is 4.79 Å². The van der Waals surface area contributed by atoms with Gasteiger partial charge < -0.3 is 11.1 Å². The molecule has 17 heavy (non-hydrogen) atoms. The fraction of sp³-hybridized carbons (Fsp3) is 0.500. The lowest BCUT2D eigenvalue weighted by molar-refractivity contribution is -0.122. The summed E-state index contributed by atoms with van der Waals surface area (Å²) < 4.78 is 0. The van der Waals surface area contributed by atoms with E-state index in [2.05, 4.69) is 19.2 Å². The fourth-order valence-corrected chi connectivity index (χ4v) is 1.74. The van der Waals surface area contributed by atoms with Crippen LogP contribution in [0.15, 0.2) is 24.3 Å². The van der Waals surface area contributed by atoms with Crippen LogP contribution >= 0.6 is 0 Å². The molecule has 0 aliphatic heterocycles. The maximum Gasteiger partial charge on any atom is 0.237 e. The molecule has 1 amide bonds. The van der Waals surface area contributed by atoms with Gasteiger partial charge in [0, 0.05) is 6.54 Å². The number of benzene rings is 1. The molecule has 1 aromatic carbocycles. The number of amides is 1. The highest BCUT2D eigenvalue weighted by Crippen LogP contribution is 2.07. The number of aryl methyl sites for hydroxylation is 1. The third-order valence-corrected chi connectivity index (χ3v) is 2.78. The minimum Gasteiger partial charge on any atom is -0.351 e. The second-order valence-corrected chi connectivity index (χ2v) is 4.88. The first-order chi connectivity index (χ1) is 8.00. The van der Waals surface area contributed by atoms with Gasteiger partial charge in [-0.1, -0.05) is 38.1 Å². The van der Waals surface area contributed by atoms with E-state index in [1.807, 2.05) is 31.2 Å². The van der Waals surface area contributed by atoms with Crippen molar-refractivity contribution in [2.75, 3.05) is 0 Å². The molecule has 3 N–H and O–H groups in total. The van der Waals surface area contributed by atoms with Crippen LogP contribution in [0.1, 0.15) is 31.4 Å². The third-order valence-electron chi connectivity index (χ3n) is 2.78. The minimum atomic E-state index is -0.404. The molecule has 0 unspecified atom stereocenters. The summed E-state index contributed by atoms with van der Waals surface area (Å²) in [4.78, 5) is 11.7. The fourth-order valence-electron chi connectivity index (χ4n) is 1.74. The van der Waals surface area contributed by atoms with E-state index in [1.54, 1.807) is 0 Å². The van der Waals surface area contributed by atoms with E-state index in [0.29, 0.717) is 12.5 Å². The maximum absolute atomic E-state index is 11.7. The summed E-state index contributed by atoms with van der Waals surface area (Å²) in [6.45, 7) is 6.72. The summed E-state index contributed by atoms with van der Waals surface area (Å²) in [5, 5.41) is 2.88. The van der Waals surface area contributed by atoms with Crippen LogP contribution in [0.5, 0.6) is 0 Å². The average Bonchev–Trinajstić information content (AvgIpc) is 2.26. The lowest BCUT2D eigenvalue weighted by Crippen LogP contribution is -2.41. The van der Waals surface area contributed by atoms with Crippen LogP contribution in [0.4, 0.5) is 0 Å². The van der Waals surface area contributed by atoms with E-state index < -0.39 is 6.04 Å². The van der Waals surface area contributed by atoms with Gasteiger partial charge in [0.2, 0.25) is 5.91 Å². The van der Waals surface area contributed by atoms with Crippen LogP contribution < -0.4 is 11.1 Å². The number of nitrogens with one attached hydrogen (secondary N) is 1. The number of nitrogens with two attached hydrogens (primary N) is 1. The Morgan fingerprint density at radius 1 is 1.35 bits per heavy atom. The van der Waals surface area contributed by atoms with Crippen molar-refractivity contribution in [1.29, 1.82) is 0 Å². The molecule has 0 heterocycles. The van der Waals surface area contributed by atoms with E-state index in [1.165, 1.54) is 5.56 Å². The summed E-state index contributed by atoms with van der Waals surface area (Å²) >= 11 is 0. The zero-order chi connectivity index (χ0) is 12.8. The Hall–Kier alpha value is -1.35. The van der Waals surface area contributed by atoms with Crippen molar-refractivity contribution >= 4 is 5.91 Å². The summed E-state index contributed by atoms with van der Waals surface area (Å²) in [5.41, 5.74) is 8.13. The molecule has 0 fully saturated rings. The molecule has 0 aromatic heterocycles. The van der Waals surface area contributed by atoms with Gasteiger partial charge in [-0.25, -0.2) is 0 Å². The molecule has 1 atom stereocenters. The second-order valence-electron chi connectivity index (χ2n) is 4.88. The molecule has 0 aliphatic rings. The molecule has 0 saturated carbocycles. The Kier molecular flexibility index (Phi) is 5.16. The van der Waals surface area contributed by atoms with Gasteiger partial charge in [0.15, 0.2) is 0 Å². The first-order valence-electron chi connectivity index (χ1n) is 6.08. The first-order valence-corrected chi connectivity index (χ1v) is 6.08. The van der Waals surface area contributed by atoms with Crippen molar-refractivity contribution in [2.24, 2.45) is 11.7 Å². The quantitative estimate of drug-likeness (QED) is 0.818. The van der Waals surface area contributed by atoms with Gasteiger partial charge in [0.25, 0.3) is 0 Å². The molecule has 0 saturated heterocycles. The highest BCUT2D eigenvalue weighted by molar-refractivity contribution is 5.81. The Labute approximate surface area is 103 Å². The molecule has 0 spiro atoms. The monoisotopic (exact) mass is 234 g/mol. The third kappa shape index (κ3) is 4.57. The summed E-state index contributed by atoms with van der Waals surface area (Å²) in [6, 6.07) is 7.62. The Morgan fingerprint density at radius 3 is 2.59 bits per heavy atom. The van der Waals surface area contributed by atoms with Crippen LogP contribution in [0.25, 0.3) is 0 Å². The van der Waals surface area contributed by atoms with Gasteiger partial charge in [0.05, 0.1) is 6.04 Å². The molecule has 94 valence electrons. The lowest BCUT2D eigenvalue weighted by Gasteiger charge is -2.14. The predicted octanol–water partition coefficient (Wildman–Crippen LogP) is 1.98. The molecule has 0 aliphatic carbocycles. The number of carbonyl (C=O) groups excluding carboxylic acids is 1. The van der Waals surface area contributed by atoms with Crippen molar-refractivity contribution in [1.82, 2.24) is 5.32 Å². The van der Waals surface area contributed by atoms with E-state index in [4.69, 9.17) is 5.73 Å². The molecule has 0 bridgehead atoms. The first kappa shape index (κ1) is 13.7. The van der Waals surface area contributed by atoms with Gasteiger partial charge in [-0.05, 0) is 30.4 Å². The SMILES string of the molecule is Cc1ccccc1CNC(=O)[C@@H](N)CC(C)C. The van der Waals surface area contributed by atoms with Crippen molar-refractivity contribution in [3.63, 3.8) is 0 Å². The number of hydrogen-bond donors (Lipinski definition) is 2. The molecule has 3 nitrogen and oxygen atoms in total. The van der Waals surface area contributed by atoms with Crippen LogP contribution in [-0.2, 0) is 11.3 Å². The highest BCUT2D eigenvalue weighted by Gasteiger charge is 2.14. The number of rotatable bonds is 5. The van der Waals surface area contributed by atoms with Crippen LogP contribution in [-0.4, -0.2) is 11.9 Å². The lowest BCUT2D eigenvalue weighted by atomic mass is 10.0. The number of hydrogen-bond acceptors (Lipinski definition) is 2. The normalized spacial score (nSPS) is 12.5. The van der Waals surface area contributed by atoms with E-state index in [0.717, 1.165) is 12.0 Å². The van der Waals surface area contributed by atoms with E-state index >= 15 is 0 Å². The Balaban J connectivity index is 2.46.